The summed E-state index contributed by atoms with van der Waals surface area (Å²) in [6.07, 6.45) is 4.47. The van der Waals surface area contributed by atoms with Gasteiger partial charge in [-0.3, -0.25) is 19.7 Å². The number of esters is 1. The van der Waals surface area contributed by atoms with Crippen molar-refractivity contribution in [1.82, 2.24) is 5.32 Å². The number of carbonyl (C=O) groups excluding carboxylic acids is 3. The molecular weight excluding hydrogens is 342 g/mol. The molecule has 1 aliphatic heterocycles. The molecule has 152 valence electrons. The molecule has 2 saturated carbocycles. The number of ether oxygens (including phenoxy) is 1. The second kappa shape index (κ2) is 6.59. The summed E-state index contributed by atoms with van der Waals surface area (Å²) in [5, 5.41) is 2.52. The number of hydrogen-bond acceptors (Lipinski definition) is 4. The summed E-state index contributed by atoms with van der Waals surface area (Å²) in [5.41, 5.74) is -2.21. The largest absolute Gasteiger partial charge is 0.462 e. The third-order valence-electron chi connectivity index (χ3n) is 7.38. The first-order valence-corrected chi connectivity index (χ1v) is 10.5. The molecule has 1 saturated heterocycles. The standard InChI is InChI=1S/C22H35NO4/c1-13(2)15-8-7-14(3)9-16(15)27-19(26)22(6)11-20(4)10-21(5,12-22)18(25)23-17(20)24/h13-16H,7-12H2,1-6H3,(H,23,24,25)/t14-,15+,16-,20-,21+,22?/m1/s1. The van der Waals surface area contributed by atoms with Crippen LogP contribution in [0.3, 0.4) is 0 Å². The molecule has 0 aromatic heterocycles. The molecule has 3 aliphatic rings. The van der Waals surface area contributed by atoms with Gasteiger partial charge < -0.3 is 4.74 Å². The van der Waals surface area contributed by atoms with Gasteiger partial charge in [-0.25, -0.2) is 0 Å². The Morgan fingerprint density at radius 1 is 1.04 bits per heavy atom. The molecule has 3 rings (SSSR count). The van der Waals surface area contributed by atoms with E-state index in [1.54, 1.807) is 0 Å². The highest BCUT2D eigenvalue weighted by Crippen LogP contribution is 2.57. The highest BCUT2D eigenvalue weighted by Gasteiger charge is 2.61. The van der Waals surface area contributed by atoms with Gasteiger partial charge >= 0.3 is 5.97 Å². The van der Waals surface area contributed by atoms with Crippen molar-refractivity contribution >= 4 is 17.8 Å². The van der Waals surface area contributed by atoms with Crippen molar-refractivity contribution in [2.24, 2.45) is 34.0 Å². The number of amides is 2. The van der Waals surface area contributed by atoms with E-state index in [9.17, 15) is 14.4 Å². The molecule has 2 bridgehead atoms. The van der Waals surface area contributed by atoms with E-state index in [2.05, 4.69) is 26.1 Å². The fourth-order valence-corrected chi connectivity index (χ4v) is 6.17. The normalized spacial score (nSPS) is 44.8. The van der Waals surface area contributed by atoms with Crippen molar-refractivity contribution in [1.29, 1.82) is 0 Å². The number of piperidine rings is 1. The average Bonchev–Trinajstić information content (AvgIpc) is 2.52. The Morgan fingerprint density at radius 3 is 2.11 bits per heavy atom. The van der Waals surface area contributed by atoms with E-state index in [0.717, 1.165) is 12.8 Å². The van der Waals surface area contributed by atoms with Crippen LogP contribution in [0, 0.1) is 34.0 Å². The molecule has 3 fully saturated rings. The topological polar surface area (TPSA) is 72.5 Å². The second-order valence-electron chi connectivity index (χ2n) is 10.8. The van der Waals surface area contributed by atoms with Gasteiger partial charge in [-0.15, -0.1) is 0 Å². The molecule has 0 spiro atoms. The van der Waals surface area contributed by atoms with Gasteiger partial charge in [0.05, 0.1) is 5.41 Å². The summed E-state index contributed by atoms with van der Waals surface area (Å²) >= 11 is 0. The molecule has 0 radical (unpaired) electrons. The number of imide groups is 1. The molecule has 5 heteroatoms. The summed E-state index contributed by atoms with van der Waals surface area (Å²) < 4.78 is 6.12. The third kappa shape index (κ3) is 3.54. The summed E-state index contributed by atoms with van der Waals surface area (Å²) in [6.45, 7) is 12.2. The van der Waals surface area contributed by atoms with Crippen molar-refractivity contribution in [3.63, 3.8) is 0 Å². The minimum atomic E-state index is -0.808. The van der Waals surface area contributed by atoms with Crippen LogP contribution in [-0.2, 0) is 19.1 Å². The minimum Gasteiger partial charge on any atom is -0.462 e. The van der Waals surface area contributed by atoms with Crippen molar-refractivity contribution in [2.45, 2.75) is 86.2 Å². The van der Waals surface area contributed by atoms with E-state index in [1.807, 2.05) is 20.8 Å². The Morgan fingerprint density at radius 2 is 1.59 bits per heavy atom. The first-order chi connectivity index (χ1) is 12.4. The van der Waals surface area contributed by atoms with Crippen LogP contribution in [0.4, 0.5) is 0 Å². The fraction of sp³-hybridized carbons (Fsp3) is 0.864. The number of rotatable bonds is 3. The lowest BCUT2D eigenvalue weighted by Crippen LogP contribution is -2.63. The van der Waals surface area contributed by atoms with E-state index < -0.39 is 16.2 Å². The summed E-state index contributed by atoms with van der Waals surface area (Å²) in [7, 11) is 0. The van der Waals surface area contributed by atoms with Crippen molar-refractivity contribution < 1.29 is 19.1 Å². The summed E-state index contributed by atoms with van der Waals surface area (Å²) in [6, 6.07) is 0. The Balaban J connectivity index is 1.83. The predicted molar refractivity (Wildman–Crippen MR) is 103 cm³/mol. The van der Waals surface area contributed by atoms with Gasteiger partial charge in [0, 0.05) is 10.8 Å². The molecule has 0 aromatic rings. The van der Waals surface area contributed by atoms with Gasteiger partial charge in [-0.05, 0) is 56.8 Å². The Hall–Kier alpha value is -1.39. The van der Waals surface area contributed by atoms with E-state index >= 15 is 0 Å². The molecule has 1 N–H and O–H groups in total. The van der Waals surface area contributed by atoms with Crippen molar-refractivity contribution in [3.05, 3.63) is 0 Å². The molecule has 1 unspecified atom stereocenters. The van der Waals surface area contributed by atoms with Crippen LogP contribution in [0.25, 0.3) is 0 Å². The highest BCUT2D eigenvalue weighted by atomic mass is 16.5. The molecule has 6 atom stereocenters. The molecular formula is C22H35NO4. The van der Waals surface area contributed by atoms with E-state index in [0.29, 0.717) is 37.0 Å². The Bertz CT molecular complexity index is 629. The molecule has 5 nitrogen and oxygen atoms in total. The quantitative estimate of drug-likeness (QED) is 0.599. The zero-order valence-corrected chi connectivity index (χ0v) is 17.7. The first-order valence-electron chi connectivity index (χ1n) is 10.5. The monoisotopic (exact) mass is 377 g/mol. The minimum absolute atomic E-state index is 0.0648. The maximum atomic E-state index is 13.3. The van der Waals surface area contributed by atoms with Crippen LogP contribution in [0.5, 0.6) is 0 Å². The van der Waals surface area contributed by atoms with E-state index in [4.69, 9.17) is 4.74 Å². The van der Waals surface area contributed by atoms with Crippen LogP contribution >= 0.6 is 0 Å². The predicted octanol–water partition coefficient (Wildman–Crippen LogP) is 3.85. The van der Waals surface area contributed by atoms with Crippen molar-refractivity contribution in [3.8, 4) is 0 Å². The number of fused-ring (bicyclic) bond motifs is 2. The molecule has 0 aromatic carbocycles. The highest BCUT2D eigenvalue weighted by molar-refractivity contribution is 6.04. The Kier molecular flexibility index (Phi) is 4.97. The van der Waals surface area contributed by atoms with Gasteiger partial charge in [-0.1, -0.05) is 41.0 Å². The zero-order valence-electron chi connectivity index (χ0n) is 17.7. The van der Waals surface area contributed by atoms with Gasteiger partial charge in [0.1, 0.15) is 6.10 Å². The van der Waals surface area contributed by atoms with Crippen LogP contribution in [0.15, 0.2) is 0 Å². The third-order valence-corrected chi connectivity index (χ3v) is 7.38. The maximum Gasteiger partial charge on any atom is 0.312 e. The zero-order chi connectivity index (χ0) is 20.2. The summed E-state index contributed by atoms with van der Waals surface area (Å²) in [4.78, 5) is 38.3. The lowest BCUT2D eigenvalue weighted by atomic mass is 9.52. The lowest BCUT2D eigenvalue weighted by molar-refractivity contribution is -0.182. The van der Waals surface area contributed by atoms with Gasteiger partial charge in [0.2, 0.25) is 11.8 Å². The van der Waals surface area contributed by atoms with Crippen LogP contribution in [-0.4, -0.2) is 23.9 Å². The maximum absolute atomic E-state index is 13.3. The average molecular weight is 378 g/mol. The van der Waals surface area contributed by atoms with Crippen LogP contribution in [0.2, 0.25) is 0 Å². The fourth-order valence-electron chi connectivity index (χ4n) is 6.17. The molecule has 2 aliphatic carbocycles. The van der Waals surface area contributed by atoms with Crippen LogP contribution < -0.4 is 5.32 Å². The molecule has 27 heavy (non-hydrogen) atoms. The van der Waals surface area contributed by atoms with Gasteiger partial charge in [0.15, 0.2) is 0 Å². The molecule has 1 heterocycles. The number of carbonyl (C=O) groups is 3. The Labute approximate surface area is 163 Å². The number of hydrogen-bond donors (Lipinski definition) is 1. The van der Waals surface area contributed by atoms with E-state index in [-0.39, 0.29) is 23.9 Å². The first kappa shape index (κ1) is 20.3. The van der Waals surface area contributed by atoms with Crippen LogP contribution in [0.1, 0.15) is 80.1 Å². The lowest BCUT2D eigenvalue weighted by Gasteiger charge is -2.53. The van der Waals surface area contributed by atoms with E-state index in [1.165, 1.54) is 6.42 Å². The van der Waals surface area contributed by atoms with Gasteiger partial charge in [-0.2, -0.15) is 0 Å². The molecule has 2 amide bonds. The van der Waals surface area contributed by atoms with Crippen molar-refractivity contribution in [2.75, 3.05) is 0 Å². The second-order valence-corrected chi connectivity index (χ2v) is 10.8. The van der Waals surface area contributed by atoms with Gasteiger partial charge in [0.25, 0.3) is 0 Å². The SMILES string of the molecule is CC(C)[C@@H]1CC[C@@H](C)C[C@H]1OC(=O)C1(C)C[C@@]2(C)C[C@@](C)(C1)C(=O)NC2=O. The smallest absolute Gasteiger partial charge is 0.312 e. The number of nitrogens with one attached hydrogen (secondary N) is 1. The summed E-state index contributed by atoms with van der Waals surface area (Å²) in [5.74, 6) is 0.667.